The zero-order valence-corrected chi connectivity index (χ0v) is 17.9. The number of benzene rings is 1. The van der Waals surface area contributed by atoms with Crippen molar-refractivity contribution in [3.05, 3.63) is 48.0 Å². The molecule has 2 aromatic rings. The van der Waals surface area contributed by atoms with Crippen LogP contribution in [0.2, 0.25) is 0 Å². The molecule has 2 aliphatic rings. The highest BCUT2D eigenvalue weighted by Crippen LogP contribution is 2.18. The Hall–Kier alpha value is -2.67. The zero-order valence-electron chi connectivity index (χ0n) is 17.9. The first-order valence-corrected chi connectivity index (χ1v) is 11.0. The molecule has 160 valence electrons. The van der Waals surface area contributed by atoms with Gasteiger partial charge in [0.15, 0.2) is 11.6 Å². The quantitative estimate of drug-likeness (QED) is 0.728. The average molecular weight is 409 g/mol. The molecule has 1 aromatic heterocycles. The SMILES string of the molecule is CN1CCN(c2ccc(N3CCN(C(=O)CCCc4ccccc4)CC3)nn2)CC1. The number of amides is 1. The Bertz CT molecular complexity index is 796. The third kappa shape index (κ3) is 5.27. The van der Waals surface area contributed by atoms with E-state index in [1.807, 2.05) is 11.0 Å². The van der Waals surface area contributed by atoms with Crippen LogP contribution in [0.3, 0.4) is 0 Å². The maximum Gasteiger partial charge on any atom is 0.222 e. The maximum absolute atomic E-state index is 12.5. The summed E-state index contributed by atoms with van der Waals surface area (Å²) in [5.41, 5.74) is 1.30. The highest BCUT2D eigenvalue weighted by molar-refractivity contribution is 5.76. The van der Waals surface area contributed by atoms with Crippen molar-refractivity contribution >= 4 is 17.5 Å². The van der Waals surface area contributed by atoms with Gasteiger partial charge in [0.2, 0.25) is 5.91 Å². The number of rotatable bonds is 6. The lowest BCUT2D eigenvalue weighted by Crippen LogP contribution is -2.49. The molecule has 30 heavy (non-hydrogen) atoms. The molecular formula is C23H32N6O. The monoisotopic (exact) mass is 408 g/mol. The number of hydrogen-bond acceptors (Lipinski definition) is 6. The second-order valence-electron chi connectivity index (χ2n) is 8.25. The Morgan fingerprint density at radius 1 is 0.800 bits per heavy atom. The van der Waals surface area contributed by atoms with Crippen molar-refractivity contribution in [2.45, 2.75) is 19.3 Å². The zero-order chi connectivity index (χ0) is 20.8. The molecular weight excluding hydrogens is 376 g/mol. The molecule has 3 heterocycles. The normalized spacial score (nSPS) is 18.0. The number of carbonyl (C=O) groups is 1. The van der Waals surface area contributed by atoms with E-state index >= 15 is 0 Å². The Kier molecular flexibility index (Phi) is 6.79. The summed E-state index contributed by atoms with van der Waals surface area (Å²) >= 11 is 0. The van der Waals surface area contributed by atoms with Gasteiger partial charge in [-0.3, -0.25) is 4.79 Å². The van der Waals surface area contributed by atoms with Gasteiger partial charge in [0, 0.05) is 58.8 Å². The molecule has 2 fully saturated rings. The van der Waals surface area contributed by atoms with Crippen LogP contribution in [0.1, 0.15) is 18.4 Å². The predicted octanol–water partition coefficient (Wildman–Crippen LogP) is 1.90. The van der Waals surface area contributed by atoms with Gasteiger partial charge in [-0.05, 0) is 37.6 Å². The minimum absolute atomic E-state index is 0.266. The average Bonchev–Trinajstić information content (AvgIpc) is 2.80. The summed E-state index contributed by atoms with van der Waals surface area (Å²) in [5, 5.41) is 8.93. The number of anilines is 2. The third-order valence-corrected chi connectivity index (χ3v) is 6.12. The lowest BCUT2D eigenvalue weighted by Gasteiger charge is -2.36. The van der Waals surface area contributed by atoms with Crippen LogP contribution in [0, 0.1) is 0 Å². The van der Waals surface area contributed by atoms with Crippen LogP contribution < -0.4 is 9.80 Å². The lowest BCUT2D eigenvalue weighted by atomic mass is 10.1. The Balaban J connectivity index is 1.21. The van der Waals surface area contributed by atoms with Gasteiger partial charge in [0.05, 0.1) is 0 Å². The summed E-state index contributed by atoms with van der Waals surface area (Å²) in [6.45, 7) is 7.25. The topological polar surface area (TPSA) is 55.8 Å². The maximum atomic E-state index is 12.5. The van der Waals surface area contributed by atoms with Crippen molar-refractivity contribution in [3.63, 3.8) is 0 Å². The number of aryl methyl sites for hydroxylation is 1. The van der Waals surface area contributed by atoms with Crippen LogP contribution >= 0.6 is 0 Å². The van der Waals surface area contributed by atoms with E-state index in [0.717, 1.165) is 76.8 Å². The van der Waals surface area contributed by atoms with E-state index < -0.39 is 0 Å². The third-order valence-electron chi connectivity index (χ3n) is 6.12. The molecule has 2 saturated heterocycles. The van der Waals surface area contributed by atoms with Gasteiger partial charge >= 0.3 is 0 Å². The molecule has 7 nitrogen and oxygen atoms in total. The summed E-state index contributed by atoms with van der Waals surface area (Å²) in [4.78, 5) is 21.4. The van der Waals surface area contributed by atoms with Crippen molar-refractivity contribution < 1.29 is 4.79 Å². The molecule has 2 aliphatic heterocycles. The van der Waals surface area contributed by atoms with Crippen molar-refractivity contribution in [1.29, 1.82) is 0 Å². The molecule has 0 aliphatic carbocycles. The van der Waals surface area contributed by atoms with Gasteiger partial charge in [-0.1, -0.05) is 30.3 Å². The van der Waals surface area contributed by atoms with E-state index in [4.69, 9.17) is 0 Å². The van der Waals surface area contributed by atoms with E-state index in [0.29, 0.717) is 6.42 Å². The van der Waals surface area contributed by atoms with Crippen molar-refractivity contribution in [2.75, 3.05) is 69.2 Å². The molecule has 0 radical (unpaired) electrons. The van der Waals surface area contributed by atoms with Crippen LogP contribution in [-0.4, -0.2) is 85.3 Å². The smallest absolute Gasteiger partial charge is 0.222 e. The van der Waals surface area contributed by atoms with Crippen LogP contribution in [-0.2, 0) is 11.2 Å². The Morgan fingerprint density at radius 2 is 1.37 bits per heavy atom. The Labute approximate surface area is 179 Å². The minimum Gasteiger partial charge on any atom is -0.353 e. The first-order valence-electron chi connectivity index (χ1n) is 11.0. The summed E-state index contributed by atoms with van der Waals surface area (Å²) in [7, 11) is 2.15. The van der Waals surface area contributed by atoms with E-state index in [1.165, 1.54) is 5.56 Å². The first kappa shape index (κ1) is 20.6. The molecule has 1 aromatic carbocycles. The molecule has 4 rings (SSSR count). The number of hydrogen-bond donors (Lipinski definition) is 0. The molecule has 0 bridgehead atoms. The van der Waals surface area contributed by atoms with Crippen molar-refractivity contribution in [2.24, 2.45) is 0 Å². The number of aromatic nitrogens is 2. The predicted molar refractivity (Wildman–Crippen MR) is 120 cm³/mol. The summed E-state index contributed by atoms with van der Waals surface area (Å²) in [6.07, 6.45) is 2.48. The van der Waals surface area contributed by atoms with Crippen LogP contribution in [0.4, 0.5) is 11.6 Å². The summed E-state index contributed by atoms with van der Waals surface area (Å²) < 4.78 is 0. The van der Waals surface area contributed by atoms with E-state index in [1.54, 1.807) is 0 Å². The molecule has 0 spiro atoms. The molecule has 0 N–H and O–H groups in total. The van der Waals surface area contributed by atoms with E-state index in [9.17, 15) is 4.79 Å². The fourth-order valence-corrected chi connectivity index (χ4v) is 4.12. The van der Waals surface area contributed by atoms with Gasteiger partial charge in [0.1, 0.15) is 0 Å². The fraction of sp³-hybridized carbons (Fsp3) is 0.522. The first-order chi connectivity index (χ1) is 14.7. The second-order valence-corrected chi connectivity index (χ2v) is 8.25. The summed E-state index contributed by atoms with van der Waals surface area (Å²) in [5.74, 6) is 2.13. The lowest BCUT2D eigenvalue weighted by molar-refractivity contribution is -0.131. The van der Waals surface area contributed by atoms with Gasteiger partial charge in [0.25, 0.3) is 0 Å². The fourth-order valence-electron chi connectivity index (χ4n) is 4.12. The number of nitrogens with zero attached hydrogens (tertiary/aromatic N) is 6. The standard InChI is InChI=1S/C23H32N6O/c1-26-12-14-27(15-13-26)21-10-11-22(25-24-21)28-16-18-29(19-17-28)23(30)9-5-8-20-6-3-2-4-7-20/h2-4,6-7,10-11H,5,8-9,12-19H2,1H3. The molecule has 0 unspecified atom stereocenters. The number of likely N-dealkylation sites (N-methyl/N-ethyl adjacent to an activating group) is 1. The second kappa shape index (κ2) is 9.89. The number of carbonyl (C=O) groups excluding carboxylic acids is 1. The van der Waals surface area contributed by atoms with Crippen LogP contribution in [0.5, 0.6) is 0 Å². The van der Waals surface area contributed by atoms with E-state index in [-0.39, 0.29) is 5.91 Å². The van der Waals surface area contributed by atoms with Gasteiger partial charge in [-0.15, -0.1) is 10.2 Å². The highest BCUT2D eigenvalue weighted by Gasteiger charge is 2.22. The summed E-state index contributed by atoms with van der Waals surface area (Å²) in [6, 6.07) is 14.5. The van der Waals surface area contributed by atoms with Gasteiger partial charge in [-0.25, -0.2) is 0 Å². The largest absolute Gasteiger partial charge is 0.353 e. The minimum atomic E-state index is 0.266. The molecule has 0 saturated carbocycles. The molecule has 1 amide bonds. The highest BCUT2D eigenvalue weighted by atomic mass is 16.2. The van der Waals surface area contributed by atoms with Crippen molar-refractivity contribution in [3.8, 4) is 0 Å². The van der Waals surface area contributed by atoms with Crippen LogP contribution in [0.25, 0.3) is 0 Å². The van der Waals surface area contributed by atoms with Crippen LogP contribution in [0.15, 0.2) is 42.5 Å². The molecule has 7 heteroatoms. The van der Waals surface area contributed by atoms with Crippen molar-refractivity contribution in [1.82, 2.24) is 20.0 Å². The molecule has 0 atom stereocenters. The van der Waals surface area contributed by atoms with Gasteiger partial charge < -0.3 is 19.6 Å². The number of piperazine rings is 2. The Morgan fingerprint density at radius 3 is 1.93 bits per heavy atom. The van der Waals surface area contributed by atoms with E-state index in [2.05, 4.69) is 68.3 Å². The van der Waals surface area contributed by atoms with Gasteiger partial charge in [-0.2, -0.15) is 0 Å².